The summed E-state index contributed by atoms with van der Waals surface area (Å²) in [5.74, 6) is 0.0190. The average Bonchev–Trinajstić information content (AvgIpc) is 3.05. The SMILES string of the molecule is Cc1ccc(-c2ccn(C(=O)C(C)(C)C)c2B2OC(C)(C)C(C)(C)O2)cc1. The van der Waals surface area contributed by atoms with Crippen LogP contribution in [0.25, 0.3) is 11.1 Å². The molecule has 1 aliphatic heterocycles. The molecule has 1 aliphatic rings. The van der Waals surface area contributed by atoms with Crippen molar-refractivity contribution in [2.75, 3.05) is 0 Å². The summed E-state index contributed by atoms with van der Waals surface area (Å²) >= 11 is 0. The van der Waals surface area contributed by atoms with Crippen LogP contribution in [0.4, 0.5) is 0 Å². The highest BCUT2D eigenvalue weighted by atomic mass is 16.7. The molecule has 0 spiro atoms. The highest BCUT2D eigenvalue weighted by molar-refractivity contribution is 6.63. The Hall–Kier alpha value is -1.85. The molecule has 2 heterocycles. The number of aromatic nitrogens is 1. The summed E-state index contributed by atoms with van der Waals surface area (Å²) in [6, 6.07) is 10.3. The van der Waals surface area contributed by atoms with Crippen LogP contribution in [0.2, 0.25) is 0 Å². The molecule has 1 fully saturated rings. The van der Waals surface area contributed by atoms with Gasteiger partial charge in [-0.15, -0.1) is 0 Å². The van der Waals surface area contributed by atoms with E-state index in [4.69, 9.17) is 9.31 Å². The van der Waals surface area contributed by atoms with Crippen molar-refractivity contribution in [3.8, 4) is 11.1 Å². The van der Waals surface area contributed by atoms with Gasteiger partial charge >= 0.3 is 7.12 Å². The van der Waals surface area contributed by atoms with E-state index < -0.39 is 23.7 Å². The number of carbonyl (C=O) groups excluding carboxylic acids is 1. The minimum atomic E-state index is -0.604. The first-order valence-corrected chi connectivity index (χ1v) is 9.52. The van der Waals surface area contributed by atoms with Crippen LogP contribution in [-0.2, 0) is 9.31 Å². The number of benzene rings is 1. The Morgan fingerprint density at radius 3 is 1.96 bits per heavy atom. The van der Waals surface area contributed by atoms with E-state index in [-0.39, 0.29) is 5.91 Å². The second-order valence-electron chi connectivity index (χ2n) is 9.49. The lowest BCUT2D eigenvalue weighted by Gasteiger charge is -2.32. The zero-order chi connectivity index (χ0) is 20.2. The zero-order valence-corrected chi connectivity index (χ0v) is 17.7. The van der Waals surface area contributed by atoms with Crippen molar-refractivity contribution < 1.29 is 14.1 Å². The van der Waals surface area contributed by atoms with Crippen LogP contribution in [0.15, 0.2) is 36.5 Å². The molecule has 144 valence electrons. The number of rotatable bonds is 2. The maximum Gasteiger partial charge on any atom is 0.513 e. The first-order chi connectivity index (χ1) is 12.3. The van der Waals surface area contributed by atoms with Gasteiger partial charge in [0.05, 0.1) is 16.8 Å². The first-order valence-electron chi connectivity index (χ1n) is 9.52. The lowest BCUT2D eigenvalue weighted by atomic mass is 9.79. The highest BCUT2D eigenvalue weighted by Gasteiger charge is 2.53. The summed E-state index contributed by atoms with van der Waals surface area (Å²) in [5, 5.41) is 0. The summed E-state index contributed by atoms with van der Waals surface area (Å²) in [7, 11) is -0.604. The first kappa shape index (κ1) is 19.9. The minimum Gasteiger partial charge on any atom is -0.398 e. The fourth-order valence-electron chi connectivity index (χ4n) is 3.16. The summed E-state index contributed by atoms with van der Waals surface area (Å²) < 4.78 is 14.3. The lowest BCUT2D eigenvalue weighted by Crippen LogP contribution is -2.44. The van der Waals surface area contributed by atoms with E-state index in [1.807, 2.05) is 60.7 Å². The molecule has 0 unspecified atom stereocenters. The third-order valence-corrected chi connectivity index (χ3v) is 5.63. The Morgan fingerprint density at radius 2 is 1.48 bits per heavy atom. The van der Waals surface area contributed by atoms with Crippen molar-refractivity contribution in [3.63, 3.8) is 0 Å². The second kappa shape index (κ2) is 6.35. The lowest BCUT2D eigenvalue weighted by molar-refractivity contribution is 0.00578. The van der Waals surface area contributed by atoms with Crippen LogP contribution in [0.3, 0.4) is 0 Å². The average molecular weight is 367 g/mol. The third kappa shape index (κ3) is 3.51. The van der Waals surface area contributed by atoms with E-state index in [0.29, 0.717) is 0 Å². The van der Waals surface area contributed by atoms with Crippen LogP contribution in [0.5, 0.6) is 0 Å². The predicted molar refractivity (Wildman–Crippen MR) is 110 cm³/mol. The molecule has 0 atom stereocenters. The summed E-state index contributed by atoms with van der Waals surface area (Å²) in [4.78, 5) is 13.1. The van der Waals surface area contributed by atoms with Gasteiger partial charge in [0.1, 0.15) is 0 Å². The summed E-state index contributed by atoms with van der Waals surface area (Å²) in [6.07, 6.45) is 1.84. The van der Waals surface area contributed by atoms with E-state index in [2.05, 4.69) is 31.2 Å². The molecule has 1 aromatic carbocycles. The van der Waals surface area contributed by atoms with E-state index >= 15 is 0 Å². The van der Waals surface area contributed by atoms with Crippen LogP contribution in [0.1, 0.15) is 58.8 Å². The molecule has 0 radical (unpaired) electrons. The molecule has 1 aromatic heterocycles. The molecular weight excluding hydrogens is 337 g/mol. The van der Waals surface area contributed by atoms with Gasteiger partial charge in [0.25, 0.3) is 0 Å². The van der Waals surface area contributed by atoms with Crippen LogP contribution in [-0.4, -0.2) is 28.8 Å². The number of hydrogen-bond donors (Lipinski definition) is 0. The molecule has 3 rings (SSSR count). The van der Waals surface area contributed by atoms with Gasteiger partial charge in [-0.1, -0.05) is 50.6 Å². The topological polar surface area (TPSA) is 40.5 Å². The zero-order valence-electron chi connectivity index (χ0n) is 17.7. The van der Waals surface area contributed by atoms with Gasteiger partial charge < -0.3 is 9.31 Å². The van der Waals surface area contributed by atoms with E-state index in [1.165, 1.54) is 5.56 Å². The van der Waals surface area contributed by atoms with Crippen molar-refractivity contribution in [1.82, 2.24) is 4.57 Å². The number of nitrogens with zero attached hydrogens (tertiary/aromatic N) is 1. The highest BCUT2D eigenvalue weighted by Crippen LogP contribution is 2.37. The number of carbonyl (C=O) groups is 1. The Kier molecular flexibility index (Phi) is 4.68. The molecular formula is C22H30BNO3. The molecule has 0 aliphatic carbocycles. The maximum absolute atomic E-state index is 13.1. The van der Waals surface area contributed by atoms with Crippen molar-refractivity contribution in [3.05, 3.63) is 42.1 Å². The van der Waals surface area contributed by atoms with Gasteiger partial charge in [0.2, 0.25) is 5.91 Å². The Balaban J connectivity index is 2.16. The number of hydrogen-bond acceptors (Lipinski definition) is 3. The largest absolute Gasteiger partial charge is 0.513 e. The van der Waals surface area contributed by atoms with Gasteiger partial charge in [-0.05, 0) is 51.8 Å². The van der Waals surface area contributed by atoms with Crippen molar-refractivity contribution in [2.45, 2.75) is 66.6 Å². The van der Waals surface area contributed by atoms with Gasteiger partial charge in [-0.25, -0.2) is 0 Å². The third-order valence-electron chi connectivity index (χ3n) is 5.63. The Bertz CT molecular complexity index is 841. The molecule has 0 N–H and O–H groups in total. The van der Waals surface area contributed by atoms with Crippen LogP contribution >= 0.6 is 0 Å². The van der Waals surface area contributed by atoms with Crippen molar-refractivity contribution in [2.24, 2.45) is 5.41 Å². The van der Waals surface area contributed by atoms with Crippen molar-refractivity contribution in [1.29, 1.82) is 0 Å². The van der Waals surface area contributed by atoms with Crippen molar-refractivity contribution >= 4 is 18.6 Å². The molecule has 2 aromatic rings. The smallest absolute Gasteiger partial charge is 0.398 e. The molecule has 0 amide bonds. The van der Waals surface area contributed by atoms with Crippen LogP contribution in [0, 0.1) is 12.3 Å². The molecule has 0 saturated carbocycles. The second-order valence-corrected chi connectivity index (χ2v) is 9.49. The Morgan fingerprint density at radius 1 is 0.963 bits per heavy atom. The fourth-order valence-corrected chi connectivity index (χ4v) is 3.16. The summed E-state index contributed by atoms with van der Waals surface area (Å²) in [6.45, 7) is 15.9. The van der Waals surface area contributed by atoms with Crippen LogP contribution < -0.4 is 5.59 Å². The van der Waals surface area contributed by atoms with E-state index in [1.54, 1.807) is 4.57 Å². The van der Waals surface area contributed by atoms with Gasteiger partial charge in [-0.2, -0.15) is 0 Å². The maximum atomic E-state index is 13.1. The fraction of sp³-hybridized carbons (Fsp3) is 0.500. The quantitative estimate of drug-likeness (QED) is 0.737. The minimum absolute atomic E-state index is 0.0190. The summed E-state index contributed by atoms with van der Waals surface area (Å²) in [5.41, 5.74) is 2.52. The Labute approximate surface area is 163 Å². The standard InChI is InChI=1S/C22H30BNO3/c1-15-9-11-16(12-10-15)17-13-14-24(19(25)20(2,3)4)18(17)23-26-21(5,6)22(7,8)27-23/h9-14H,1-8H3. The molecule has 0 bridgehead atoms. The molecule has 5 heteroatoms. The predicted octanol–water partition coefficient (Wildman–Crippen LogP) is 4.45. The van der Waals surface area contributed by atoms with Gasteiger partial charge in [-0.3, -0.25) is 9.36 Å². The molecule has 27 heavy (non-hydrogen) atoms. The number of aryl methyl sites for hydroxylation is 1. The normalized spacial score (nSPS) is 18.7. The van der Waals surface area contributed by atoms with E-state index in [9.17, 15) is 4.79 Å². The van der Waals surface area contributed by atoms with Gasteiger partial charge in [0.15, 0.2) is 0 Å². The monoisotopic (exact) mass is 367 g/mol. The van der Waals surface area contributed by atoms with Gasteiger partial charge in [0, 0.05) is 11.6 Å². The molecule has 4 nitrogen and oxygen atoms in total. The van der Waals surface area contributed by atoms with E-state index in [0.717, 1.165) is 16.7 Å². The molecule has 1 saturated heterocycles.